The van der Waals surface area contributed by atoms with Gasteiger partial charge < -0.3 is 10.1 Å². The first-order chi connectivity index (χ1) is 9.20. The van der Waals surface area contributed by atoms with Gasteiger partial charge in [0, 0.05) is 11.1 Å². The molecule has 0 spiro atoms. The molecule has 6 nitrogen and oxygen atoms in total. The number of rotatable bonds is 4. The fourth-order valence-electron chi connectivity index (χ4n) is 1.93. The van der Waals surface area contributed by atoms with Crippen LogP contribution in [0.1, 0.15) is 6.92 Å². The number of anilines is 2. The molecule has 1 heterocycles. The van der Waals surface area contributed by atoms with E-state index in [0.29, 0.717) is 12.3 Å². The third-order valence-corrected chi connectivity index (χ3v) is 2.86. The van der Waals surface area contributed by atoms with Crippen molar-refractivity contribution in [3.05, 3.63) is 44.8 Å². The molecule has 0 radical (unpaired) electrons. The lowest BCUT2D eigenvalue weighted by Crippen LogP contribution is -2.35. The number of aromatic amines is 1. The molecule has 6 heteroatoms. The van der Waals surface area contributed by atoms with Gasteiger partial charge in [0.25, 0.3) is 10.9 Å². The van der Waals surface area contributed by atoms with Crippen LogP contribution in [0.25, 0.3) is 10.9 Å². The van der Waals surface area contributed by atoms with Gasteiger partial charge in [-0.1, -0.05) is 0 Å². The Balaban J connectivity index is 1.94. The number of fused-ring (bicyclic) bond motifs is 1. The van der Waals surface area contributed by atoms with E-state index < -0.39 is 10.9 Å². The Bertz CT molecular complexity index is 812. The lowest BCUT2D eigenvalue weighted by molar-refractivity contribution is 0.335. The molecule has 0 bridgehead atoms. The molecule has 3 rings (SSSR count). The second-order valence-corrected chi connectivity index (χ2v) is 4.09. The minimum atomic E-state index is -0.575. The van der Waals surface area contributed by atoms with E-state index in [0.717, 1.165) is 10.9 Å². The van der Waals surface area contributed by atoms with Crippen LogP contribution in [-0.4, -0.2) is 16.8 Å². The predicted octanol–water partition coefficient (Wildman–Crippen LogP) is 1.30. The van der Waals surface area contributed by atoms with Crippen molar-refractivity contribution >= 4 is 22.3 Å². The quantitative estimate of drug-likeness (QED) is 0.688. The van der Waals surface area contributed by atoms with Crippen LogP contribution in [0, 0.1) is 0 Å². The Hall–Kier alpha value is -2.63. The zero-order chi connectivity index (χ0) is 13.4. The maximum atomic E-state index is 11.5. The SMILES string of the molecule is CCOc1c(Nc2ccc3[nH]ncc3c2)c(=O)c1=O. The molecule has 2 aromatic carbocycles. The topological polar surface area (TPSA) is 84.1 Å². The minimum Gasteiger partial charge on any atom is -0.488 e. The average Bonchev–Trinajstić information content (AvgIpc) is 2.89. The van der Waals surface area contributed by atoms with Crippen LogP contribution in [0.2, 0.25) is 0 Å². The van der Waals surface area contributed by atoms with E-state index in [9.17, 15) is 9.59 Å². The summed E-state index contributed by atoms with van der Waals surface area (Å²) in [6.45, 7) is 2.11. The van der Waals surface area contributed by atoms with Gasteiger partial charge in [0.05, 0.1) is 18.3 Å². The third kappa shape index (κ3) is 1.77. The van der Waals surface area contributed by atoms with Crippen LogP contribution in [0.3, 0.4) is 0 Å². The van der Waals surface area contributed by atoms with Crippen LogP contribution < -0.4 is 20.9 Å². The van der Waals surface area contributed by atoms with Crippen LogP contribution in [0.15, 0.2) is 34.0 Å². The van der Waals surface area contributed by atoms with Gasteiger partial charge in [-0.05, 0) is 25.1 Å². The Morgan fingerprint density at radius 2 is 2.16 bits per heavy atom. The standard InChI is InChI=1S/C13H11N3O3/c1-2-19-13-10(11(17)12(13)18)15-8-3-4-9-7(5-8)6-14-16-9/h3-6,15H,2H2,1H3,(H,14,16). The molecule has 0 aliphatic rings. The van der Waals surface area contributed by atoms with Gasteiger partial charge in [0.1, 0.15) is 5.69 Å². The first-order valence-corrected chi connectivity index (χ1v) is 5.87. The van der Waals surface area contributed by atoms with Crippen molar-refractivity contribution in [3.63, 3.8) is 0 Å². The lowest BCUT2D eigenvalue weighted by atomic mass is 10.2. The molecule has 0 aliphatic heterocycles. The highest BCUT2D eigenvalue weighted by Crippen LogP contribution is 2.24. The summed E-state index contributed by atoms with van der Waals surface area (Å²) in [7, 11) is 0. The molecule has 0 amide bonds. The number of nitrogens with zero attached hydrogens (tertiary/aromatic N) is 1. The van der Waals surface area contributed by atoms with Crippen LogP contribution >= 0.6 is 0 Å². The van der Waals surface area contributed by atoms with Gasteiger partial charge in [0.15, 0.2) is 5.75 Å². The predicted molar refractivity (Wildman–Crippen MR) is 71.9 cm³/mol. The number of H-pyrrole nitrogens is 1. The van der Waals surface area contributed by atoms with Crippen molar-refractivity contribution in [3.8, 4) is 5.75 Å². The smallest absolute Gasteiger partial charge is 0.272 e. The largest absolute Gasteiger partial charge is 0.488 e. The fraction of sp³-hybridized carbons (Fsp3) is 0.154. The number of hydrogen-bond donors (Lipinski definition) is 2. The van der Waals surface area contributed by atoms with E-state index in [-0.39, 0.29) is 11.4 Å². The normalized spacial score (nSPS) is 11.0. The van der Waals surface area contributed by atoms with E-state index in [1.807, 2.05) is 12.1 Å². The second kappa shape index (κ2) is 4.24. The zero-order valence-electron chi connectivity index (χ0n) is 10.2. The van der Waals surface area contributed by atoms with Crippen molar-refractivity contribution < 1.29 is 4.74 Å². The third-order valence-electron chi connectivity index (χ3n) is 2.86. The van der Waals surface area contributed by atoms with E-state index in [2.05, 4.69) is 15.5 Å². The summed E-state index contributed by atoms with van der Waals surface area (Å²) in [6.07, 6.45) is 1.69. The van der Waals surface area contributed by atoms with Gasteiger partial charge in [-0.15, -0.1) is 0 Å². The first kappa shape index (κ1) is 11.5. The Morgan fingerprint density at radius 3 is 2.95 bits per heavy atom. The molecule has 0 unspecified atom stereocenters. The van der Waals surface area contributed by atoms with Crippen LogP contribution in [0.5, 0.6) is 5.75 Å². The van der Waals surface area contributed by atoms with Crippen molar-refractivity contribution in [1.29, 1.82) is 0 Å². The summed E-state index contributed by atoms with van der Waals surface area (Å²) in [5.74, 6) is 0.111. The summed E-state index contributed by atoms with van der Waals surface area (Å²) in [5.41, 5.74) is 0.710. The molecule has 0 aliphatic carbocycles. The number of benzene rings is 1. The van der Waals surface area contributed by atoms with Gasteiger partial charge in [-0.25, -0.2) is 0 Å². The molecule has 0 saturated carbocycles. The minimum absolute atomic E-state index is 0.111. The molecule has 19 heavy (non-hydrogen) atoms. The van der Waals surface area contributed by atoms with Crippen molar-refractivity contribution in [2.45, 2.75) is 6.92 Å². The van der Waals surface area contributed by atoms with E-state index in [1.54, 1.807) is 19.2 Å². The molecule has 0 atom stereocenters. The highest BCUT2D eigenvalue weighted by atomic mass is 16.5. The first-order valence-electron chi connectivity index (χ1n) is 5.87. The molecular weight excluding hydrogens is 246 g/mol. The van der Waals surface area contributed by atoms with Gasteiger partial charge in [-0.2, -0.15) is 5.10 Å². The molecule has 3 aromatic rings. The summed E-state index contributed by atoms with van der Waals surface area (Å²) < 4.78 is 5.15. The molecule has 2 N–H and O–H groups in total. The summed E-state index contributed by atoms with van der Waals surface area (Å²) in [6, 6.07) is 5.48. The van der Waals surface area contributed by atoms with Crippen LogP contribution in [0.4, 0.5) is 11.4 Å². The summed E-state index contributed by atoms with van der Waals surface area (Å²) in [5, 5.41) is 10.6. The highest BCUT2D eigenvalue weighted by molar-refractivity contribution is 5.83. The summed E-state index contributed by atoms with van der Waals surface area (Å²) in [4.78, 5) is 22.8. The zero-order valence-corrected chi connectivity index (χ0v) is 10.2. The van der Waals surface area contributed by atoms with E-state index in [1.165, 1.54) is 0 Å². The maximum absolute atomic E-state index is 11.5. The van der Waals surface area contributed by atoms with Crippen molar-refractivity contribution in [2.75, 3.05) is 11.9 Å². The molecule has 0 saturated heterocycles. The molecule has 0 fully saturated rings. The fourth-order valence-corrected chi connectivity index (χ4v) is 1.93. The Kier molecular flexibility index (Phi) is 2.56. The number of hydrogen-bond acceptors (Lipinski definition) is 5. The monoisotopic (exact) mass is 257 g/mol. The van der Waals surface area contributed by atoms with Gasteiger partial charge in [-0.3, -0.25) is 14.7 Å². The molecule has 96 valence electrons. The molecular formula is C13H11N3O3. The van der Waals surface area contributed by atoms with Crippen molar-refractivity contribution in [1.82, 2.24) is 10.2 Å². The van der Waals surface area contributed by atoms with Crippen LogP contribution in [-0.2, 0) is 0 Å². The number of aromatic nitrogens is 2. The molecule has 1 aromatic heterocycles. The average molecular weight is 257 g/mol. The van der Waals surface area contributed by atoms with Gasteiger partial charge >= 0.3 is 0 Å². The number of ether oxygens (including phenoxy) is 1. The number of nitrogens with one attached hydrogen (secondary N) is 2. The lowest BCUT2D eigenvalue weighted by Gasteiger charge is -2.13. The maximum Gasteiger partial charge on any atom is 0.272 e. The second-order valence-electron chi connectivity index (χ2n) is 4.09. The summed E-state index contributed by atoms with van der Waals surface area (Å²) >= 11 is 0. The van der Waals surface area contributed by atoms with Crippen molar-refractivity contribution in [2.24, 2.45) is 0 Å². The van der Waals surface area contributed by atoms with E-state index in [4.69, 9.17) is 4.74 Å². The Morgan fingerprint density at radius 1 is 1.32 bits per heavy atom. The Labute approximate surface area is 107 Å². The van der Waals surface area contributed by atoms with Gasteiger partial charge in [0.2, 0.25) is 0 Å². The van der Waals surface area contributed by atoms with E-state index >= 15 is 0 Å². The highest BCUT2D eigenvalue weighted by Gasteiger charge is 2.22.